The Labute approximate surface area is 147 Å². The first-order valence-electron chi connectivity index (χ1n) is 7.90. The van der Waals surface area contributed by atoms with Gasteiger partial charge in [0, 0.05) is 25.8 Å². The number of halogens is 1. The molecule has 6 nitrogen and oxygen atoms in total. The summed E-state index contributed by atoms with van der Waals surface area (Å²) in [4.78, 5) is 21.7. The zero-order valence-electron chi connectivity index (χ0n) is 13.6. The molecule has 8 heteroatoms. The van der Waals surface area contributed by atoms with Crippen LogP contribution in [0.15, 0.2) is 36.5 Å². The highest BCUT2D eigenvalue weighted by molar-refractivity contribution is 7.19. The van der Waals surface area contributed by atoms with E-state index in [4.69, 9.17) is 0 Å². The topological polar surface area (TPSA) is 65.1 Å². The standard InChI is InChI=1S/C17H16FN5OS/c1-11-15(14-6-7-19-21-14)25-16(20-11)23-9-8-22(17(23)24)10-12-2-4-13(18)5-3-12/h2-7H,8-10H2,1H3,(H,19,21). The van der Waals surface area contributed by atoms with E-state index in [0.717, 1.165) is 21.8 Å². The summed E-state index contributed by atoms with van der Waals surface area (Å²) in [6, 6.07) is 8.04. The summed E-state index contributed by atoms with van der Waals surface area (Å²) in [6.07, 6.45) is 1.69. The van der Waals surface area contributed by atoms with Gasteiger partial charge < -0.3 is 4.90 Å². The lowest BCUT2D eigenvalue weighted by Crippen LogP contribution is -2.31. The molecule has 0 radical (unpaired) electrons. The highest BCUT2D eigenvalue weighted by Gasteiger charge is 2.32. The Bertz CT molecular complexity index is 890. The van der Waals surface area contributed by atoms with Crippen LogP contribution in [0.25, 0.3) is 10.6 Å². The predicted molar refractivity (Wildman–Crippen MR) is 94.0 cm³/mol. The molecule has 1 aliphatic rings. The minimum Gasteiger partial charge on any atom is -0.318 e. The van der Waals surface area contributed by atoms with Crippen LogP contribution in [0.2, 0.25) is 0 Å². The van der Waals surface area contributed by atoms with E-state index in [1.165, 1.54) is 23.5 Å². The molecule has 0 aliphatic carbocycles. The molecule has 1 saturated heterocycles. The number of aromatic nitrogens is 3. The van der Waals surface area contributed by atoms with Crippen molar-refractivity contribution >= 4 is 22.5 Å². The first kappa shape index (κ1) is 15.8. The number of rotatable bonds is 4. The van der Waals surface area contributed by atoms with Crippen LogP contribution in [0.5, 0.6) is 0 Å². The zero-order chi connectivity index (χ0) is 17.4. The molecule has 2 amide bonds. The number of carbonyl (C=O) groups is 1. The van der Waals surface area contributed by atoms with E-state index >= 15 is 0 Å². The maximum Gasteiger partial charge on any atom is 0.326 e. The third-order valence-corrected chi connectivity index (χ3v) is 5.36. The number of thiazole rings is 1. The molecular weight excluding hydrogens is 341 g/mol. The van der Waals surface area contributed by atoms with Crippen molar-refractivity contribution in [2.24, 2.45) is 0 Å². The summed E-state index contributed by atoms with van der Waals surface area (Å²) in [5.41, 5.74) is 2.68. The number of hydrogen-bond acceptors (Lipinski definition) is 4. The number of benzene rings is 1. The molecule has 1 fully saturated rings. The normalized spacial score (nSPS) is 14.6. The van der Waals surface area contributed by atoms with Crippen LogP contribution in [0.1, 0.15) is 11.3 Å². The minimum absolute atomic E-state index is 0.0748. The fraction of sp³-hybridized carbons (Fsp3) is 0.235. The Morgan fingerprint density at radius 1 is 1.24 bits per heavy atom. The SMILES string of the molecule is Cc1nc(N2CCN(Cc3ccc(F)cc3)C2=O)sc1-c1ccn[nH]1. The Morgan fingerprint density at radius 2 is 2.04 bits per heavy atom. The van der Waals surface area contributed by atoms with E-state index in [1.54, 1.807) is 28.1 Å². The molecule has 3 heterocycles. The van der Waals surface area contributed by atoms with Crippen molar-refractivity contribution in [3.63, 3.8) is 0 Å². The van der Waals surface area contributed by atoms with E-state index in [2.05, 4.69) is 15.2 Å². The quantitative estimate of drug-likeness (QED) is 0.778. The highest BCUT2D eigenvalue weighted by Crippen LogP contribution is 2.34. The van der Waals surface area contributed by atoms with Gasteiger partial charge in [-0.05, 0) is 30.7 Å². The summed E-state index contributed by atoms with van der Waals surface area (Å²) >= 11 is 1.48. The summed E-state index contributed by atoms with van der Waals surface area (Å²) < 4.78 is 13.0. The first-order valence-corrected chi connectivity index (χ1v) is 8.71. The fourth-order valence-corrected chi connectivity index (χ4v) is 3.91. The Balaban J connectivity index is 1.52. The van der Waals surface area contributed by atoms with Crippen molar-refractivity contribution in [1.82, 2.24) is 20.1 Å². The van der Waals surface area contributed by atoms with E-state index < -0.39 is 0 Å². The van der Waals surface area contributed by atoms with Crippen LogP contribution >= 0.6 is 11.3 Å². The molecule has 0 bridgehead atoms. The van der Waals surface area contributed by atoms with Crippen molar-refractivity contribution in [3.05, 3.63) is 53.6 Å². The van der Waals surface area contributed by atoms with Gasteiger partial charge in [0.15, 0.2) is 5.13 Å². The van der Waals surface area contributed by atoms with E-state index in [-0.39, 0.29) is 11.8 Å². The zero-order valence-corrected chi connectivity index (χ0v) is 14.4. The van der Waals surface area contributed by atoms with Gasteiger partial charge in [0.25, 0.3) is 0 Å². The molecule has 0 atom stereocenters. The molecule has 25 heavy (non-hydrogen) atoms. The monoisotopic (exact) mass is 357 g/mol. The van der Waals surface area contributed by atoms with Gasteiger partial charge in [-0.2, -0.15) is 5.10 Å². The molecule has 1 N–H and O–H groups in total. The maximum absolute atomic E-state index is 13.0. The highest BCUT2D eigenvalue weighted by atomic mass is 32.1. The second-order valence-corrected chi connectivity index (χ2v) is 6.84. The van der Waals surface area contributed by atoms with Gasteiger partial charge >= 0.3 is 6.03 Å². The summed E-state index contributed by atoms with van der Waals surface area (Å²) in [6.45, 7) is 3.60. The number of amides is 2. The van der Waals surface area contributed by atoms with Crippen LogP contribution in [0.4, 0.5) is 14.3 Å². The largest absolute Gasteiger partial charge is 0.326 e. The lowest BCUT2D eigenvalue weighted by Gasteiger charge is -2.16. The Morgan fingerprint density at radius 3 is 2.76 bits per heavy atom. The van der Waals surface area contributed by atoms with Gasteiger partial charge in [0.05, 0.1) is 16.3 Å². The molecule has 0 saturated carbocycles. The molecule has 1 aliphatic heterocycles. The molecule has 4 rings (SSSR count). The summed E-state index contributed by atoms with van der Waals surface area (Å²) in [5.74, 6) is -0.275. The number of carbonyl (C=O) groups excluding carboxylic acids is 1. The van der Waals surface area contributed by atoms with E-state index in [0.29, 0.717) is 24.8 Å². The summed E-state index contributed by atoms with van der Waals surface area (Å²) in [5, 5.41) is 7.58. The maximum atomic E-state index is 13.0. The second kappa shape index (κ2) is 6.29. The Kier molecular flexibility index (Phi) is 3.96. The number of nitrogens with zero attached hydrogens (tertiary/aromatic N) is 4. The van der Waals surface area contributed by atoms with Crippen LogP contribution in [0, 0.1) is 12.7 Å². The molecule has 2 aromatic heterocycles. The van der Waals surface area contributed by atoms with Crippen molar-refractivity contribution in [2.45, 2.75) is 13.5 Å². The van der Waals surface area contributed by atoms with Crippen molar-refractivity contribution in [1.29, 1.82) is 0 Å². The average Bonchev–Trinajstić information content (AvgIpc) is 3.31. The number of anilines is 1. The van der Waals surface area contributed by atoms with E-state index in [9.17, 15) is 9.18 Å². The van der Waals surface area contributed by atoms with Crippen LogP contribution in [-0.4, -0.2) is 39.2 Å². The smallest absolute Gasteiger partial charge is 0.318 e. The Hall–Kier alpha value is -2.74. The number of H-pyrrole nitrogens is 1. The number of urea groups is 1. The molecule has 0 spiro atoms. The van der Waals surface area contributed by atoms with Gasteiger partial charge in [-0.25, -0.2) is 14.2 Å². The van der Waals surface area contributed by atoms with Crippen LogP contribution in [0.3, 0.4) is 0 Å². The number of aryl methyl sites for hydroxylation is 1. The van der Waals surface area contributed by atoms with Gasteiger partial charge in [0.1, 0.15) is 5.82 Å². The lowest BCUT2D eigenvalue weighted by molar-refractivity contribution is 0.219. The minimum atomic E-state index is -0.275. The van der Waals surface area contributed by atoms with Crippen LogP contribution < -0.4 is 4.90 Å². The van der Waals surface area contributed by atoms with Crippen molar-refractivity contribution in [3.8, 4) is 10.6 Å². The third-order valence-electron chi connectivity index (χ3n) is 4.14. The van der Waals surface area contributed by atoms with Crippen LogP contribution in [-0.2, 0) is 6.54 Å². The molecule has 3 aromatic rings. The fourth-order valence-electron chi connectivity index (χ4n) is 2.85. The number of hydrogen-bond donors (Lipinski definition) is 1. The van der Waals surface area contributed by atoms with Gasteiger partial charge in [-0.1, -0.05) is 23.5 Å². The molecule has 1 aromatic carbocycles. The predicted octanol–water partition coefficient (Wildman–Crippen LogP) is 3.42. The third kappa shape index (κ3) is 3.00. The van der Waals surface area contributed by atoms with Crippen molar-refractivity contribution < 1.29 is 9.18 Å². The van der Waals surface area contributed by atoms with Gasteiger partial charge in [-0.15, -0.1) is 0 Å². The number of nitrogens with one attached hydrogen (secondary N) is 1. The summed E-state index contributed by atoms with van der Waals surface area (Å²) in [7, 11) is 0. The average molecular weight is 357 g/mol. The second-order valence-electron chi connectivity index (χ2n) is 5.86. The lowest BCUT2D eigenvalue weighted by atomic mass is 10.2. The van der Waals surface area contributed by atoms with Gasteiger partial charge in [0.2, 0.25) is 0 Å². The molecule has 128 valence electrons. The number of aromatic amines is 1. The molecular formula is C17H16FN5OS. The first-order chi connectivity index (χ1) is 12.1. The van der Waals surface area contributed by atoms with E-state index in [1.807, 2.05) is 13.0 Å². The van der Waals surface area contributed by atoms with Gasteiger partial charge in [-0.3, -0.25) is 10.00 Å². The van der Waals surface area contributed by atoms with Crippen molar-refractivity contribution in [2.75, 3.05) is 18.0 Å². The molecule has 0 unspecified atom stereocenters.